The summed E-state index contributed by atoms with van der Waals surface area (Å²) in [4.78, 5) is 30.4. The van der Waals surface area contributed by atoms with Gasteiger partial charge in [-0.1, -0.05) is 102 Å². The summed E-state index contributed by atoms with van der Waals surface area (Å²) in [5, 5.41) is 55.0. The third-order valence-electron chi connectivity index (χ3n) is 11.8. The Kier molecular flexibility index (Phi) is 26.2. The van der Waals surface area contributed by atoms with Crippen molar-refractivity contribution in [2.45, 2.75) is 125 Å². The van der Waals surface area contributed by atoms with Crippen LogP contribution in [0.15, 0.2) is 89.4 Å². The Bertz CT molecular complexity index is 2110. The Hall–Kier alpha value is -4.71. The zero-order valence-corrected chi connectivity index (χ0v) is 41.9. The zero-order chi connectivity index (χ0) is 51.0. The summed E-state index contributed by atoms with van der Waals surface area (Å²) in [5.74, 6) is -1.09. The molecule has 2 saturated carbocycles. The molecule has 2 aliphatic rings. The van der Waals surface area contributed by atoms with E-state index in [1.807, 2.05) is 30.3 Å². The molecule has 6 rings (SSSR count). The Labute approximate surface area is 409 Å². The number of carbonyl (C=O) groups excluding carboxylic acids is 1. The Morgan fingerprint density at radius 3 is 1.84 bits per heavy atom. The molecule has 374 valence electrons. The Morgan fingerprint density at radius 2 is 1.34 bits per heavy atom. The lowest BCUT2D eigenvalue weighted by Gasteiger charge is -2.37. The molecule has 0 heterocycles. The molecule has 9 N–H and O–H groups in total. The summed E-state index contributed by atoms with van der Waals surface area (Å²) < 4.78 is 34.1. The first-order valence-corrected chi connectivity index (χ1v) is 23.9. The van der Waals surface area contributed by atoms with Gasteiger partial charge in [0.25, 0.3) is 0 Å². The fourth-order valence-electron chi connectivity index (χ4n) is 7.68. The molecule has 0 unspecified atom stereocenters. The van der Waals surface area contributed by atoms with Crippen molar-refractivity contribution >= 4 is 46.7 Å². The second kappa shape index (κ2) is 30.0. The Morgan fingerprint density at radius 1 is 0.779 bits per heavy atom. The van der Waals surface area contributed by atoms with E-state index in [-0.39, 0.29) is 47.6 Å². The van der Waals surface area contributed by atoms with Gasteiger partial charge >= 0.3 is 19.1 Å². The fraction of sp³-hybridized carbons (Fsp3) is 0.481. The van der Waals surface area contributed by atoms with Gasteiger partial charge in [0.1, 0.15) is 6.29 Å². The number of rotatable bonds is 12. The topological polar surface area (TPSA) is 220 Å². The van der Waals surface area contributed by atoms with Crippen LogP contribution in [-0.4, -0.2) is 81.1 Å². The summed E-state index contributed by atoms with van der Waals surface area (Å²) in [6.45, 7) is 14.9. The molecule has 0 bridgehead atoms. The van der Waals surface area contributed by atoms with Crippen LogP contribution in [0.5, 0.6) is 11.5 Å². The number of phenolic OH excluding ortho intramolecular Hbond substituents is 1. The van der Waals surface area contributed by atoms with E-state index in [1.165, 1.54) is 37.1 Å². The molecule has 68 heavy (non-hydrogen) atoms. The van der Waals surface area contributed by atoms with Gasteiger partial charge < -0.3 is 46.3 Å². The van der Waals surface area contributed by atoms with Crippen LogP contribution < -0.4 is 21.3 Å². The van der Waals surface area contributed by atoms with Crippen molar-refractivity contribution in [3.63, 3.8) is 0 Å². The number of halogens is 3. The molecule has 4 aromatic rings. The number of aromatic hydroxyl groups is 1. The van der Waals surface area contributed by atoms with Gasteiger partial charge in [-0.15, -0.1) is 0 Å². The van der Waals surface area contributed by atoms with E-state index in [0.29, 0.717) is 58.5 Å². The average Bonchev–Trinajstić information content (AvgIpc) is 3.28. The number of nitrogens with two attached hydrogens (primary N) is 1. The largest absolute Gasteiger partial charge is 0.505 e. The van der Waals surface area contributed by atoms with Crippen LogP contribution in [0.4, 0.5) is 8.78 Å². The van der Waals surface area contributed by atoms with Gasteiger partial charge in [-0.3, -0.25) is 14.4 Å². The van der Waals surface area contributed by atoms with E-state index in [0.717, 1.165) is 55.6 Å². The molecule has 2 aliphatic carbocycles. The van der Waals surface area contributed by atoms with Crippen molar-refractivity contribution < 1.29 is 58.4 Å². The molecule has 0 aliphatic heterocycles. The van der Waals surface area contributed by atoms with Crippen molar-refractivity contribution in [1.29, 1.82) is 0 Å². The highest BCUT2D eigenvalue weighted by atomic mass is 79.9. The first-order chi connectivity index (χ1) is 32.0. The number of carboxylic acids is 2. The highest BCUT2D eigenvalue weighted by Crippen LogP contribution is 2.40. The lowest BCUT2D eigenvalue weighted by molar-refractivity contribution is -0.137. The molecule has 4 aromatic carbocycles. The summed E-state index contributed by atoms with van der Waals surface area (Å²) in [6, 6.07) is 23.5. The summed E-state index contributed by atoms with van der Waals surface area (Å²) in [6.07, 6.45) is 9.48. The molecule has 0 aromatic heterocycles. The van der Waals surface area contributed by atoms with Gasteiger partial charge in [-0.05, 0) is 131 Å². The molecule has 12 nitrogen and oxygen atoms in total. The van der Waals surface area contributed by atoms with Crippen molar-refractivity contribution in [2.24, 2.45) is 28.4 Å². The number of ether oxygens (including phenoxy) is 1. The quantitative estimate of drug-likeness (QED) is 0.0378. The van der Waals surface area contributed by atoms with Gasteiger partial charge in [-0.25, -0.2) is 8.78 Å². The third-order valence-corrected chi connectivity index (χ3v) is 12.4. The summed E-state index contributed by atoms with van der Waals surface area (Å²) in [7, 11) is -1.50. The van der Waals surface area contributed by atoms with Crippen LogP contribution >= 0.6 is 15.9 Å². The first-order valence-electron chi connectivity index (χ1n) is 23.1. The number of benzene rings is 4. The highest BCUT2D eigenvalue weighted by molar-refractivity contribution is 9.10. The summed E-state index contributed by atoms with van der Waals surface area (Å²) >= 11 is 2.91. The molecule has 2 fully saturated rings. The van der Waals surface area contributed by atoms with Crippen LogP contribution in [0.2, 0.25) is 0 Å². The van der Waals surface area contributed by atoms with Crippen molar-refractivity contribution in [3.05, 3.63) is 112 Å². The van der Waals surface area contributed by atoms with Crippen molar-refractivity contribution in [1.82, 2.24) is 5.32 Å². The SMILES string of the molecule is CC(C)(C)C1CCC(O)CC1.CC(C)(C)C1CCC(Oc2cccc(-c3cccc(CNCCC(=O)O)c3)c2F)CC1.NCCC(=O)O.O=Cc1cccc(B(O)O)c1.Oc1cccc(Br)c1F. The minimum atomic E-state index is -1.50. The van der Waals surface area contributed by atoms with Crippen LogP contribution in [0.25, 0.3) is 11.1 Å². The maximum absolute atomic E-state index is 15.3. The lowest BCUT2D eigenvalue weighted by atomic mass is 9.72. The number of carbonyl (C=O) groups is 3. The molecule has 0 saturated heterocycles. The molecule has 16 heteroatoms. The Balaban J connectivity index is 0.000000348. The minimum Gasteiger partial charge on any atom is -0.505 e. The predicted molar refractivity (Wildman–Crippen MR) is 268 cm³/mol. The van der Waals surface area contributed by atoms with Crippen molar-refractivity contribution in [2.75, 3.05) is 13.1 Å². The number of aliphatic carboxylic acids is 2. The number of phenols is 1. The fourth-order valence-corrected chi connectivity index (χ4v) is 8.03. The third kappa shape index (κ3) is 22.6. The lowest BCUT2D eigenvalue weighted by Crippen LogP contribution is -2.30. The number of aliphatic hydroxyl groups excluding tert-OH is 1. The van der Waals surface area contributed by atoms with E-state index < -0.39 is 24.9 Å². The van der Waals surface area contributed by atoms with Gasteiger partial charge in [0.15, 0.2) is 23.1 Å². The smallest absolute Gasteiger partial charge is 0.488 e. The van der Waals surface area contributed by atoms with E-state index in [2.05, 4.69) is 62.8 Å². The summed E-state index contributed by atoms with van der Waals surface area (Å²) in [5.41, 5.74) is 8.66. The van der Waals surface area contributed by atoms with E-state index in [9.17, 15) is 23.9 Å². The van der Waals surface area contributed by atoms with E-state index in [4.69, 9.17) is 35.8 Å². The van der Waals surface area contributed by atoms with Gasteiger partial charge in [-0.2, -0.15) is 0 Å². The minimum absolute atomic E-state index is 0.00593. The van der Waals surface area contributed by atoms with E-state index >= 15 is 4.39 Å². The number of hydrogen-bond donors (Lipinski definition) is 8. The van der Waals surface area contributed by atoms with Gasteiger partial charge in [0.2, 0.25) is 0 Å². The maximum Gasteiger partial charge on any atom is 0.488 e. The maximum atomic E-state index is 15.3. The number of aliphatic hydroxyl groups is 1. The molecule has 0 atom stereocenters. The molecular weight excluding hydrogens is 941 g/mol. The highest BCUT2D eigenvalue weighted by Gasteiger charge is 2.31. The number of carboxylic acid groups (broad SMARTS) is 2. The molecular formula is C52H72BBrF2N2O10. The van der Waals surface area contributed by atoms with Crippen molar-refractivity contribution in [3.8, 4) is 22.6 Å². The molecule has 0 spiro atoms. The standard InChI is InChI=1S/C26H34FNO3.C10H20O.C7H7BO3.C6H4BrFO.C3H7NO2/c1-26(2,3)20-10-12-21(13-11-20)31-23-9-5-8-22(25(23)27)19-7-4-6-18(16-19)17-28-15-14-24(29)30;1-10(2,3)8-4-6-9(11)7-5-8;9-5-6-2-1-3-7(4-6)8(10)11;7-4-2-1-3-5(9)6(4)8;4-2-1-3(5)6/h4-9,16,20-21,28H,10-15,17H2,1-3H3,(H,29,30);8-9,11H,4-7H2,1-3H3;1-5,10-11H;1-3,9H;1-2,4H2,(H,5,6). The van der Waals surface area contributed by atoms with Crippen LogP contribution in [0.3, 0.4) is 0 Å². The second-order valence-corrected chi connectivity index (χ2v) is 20.0. The molecule has 0 amide bonds. The first kappa shape index (κ1) is 59.4. The number of aldehydes is 1. The second-order valence-electron chi connectivity index (χ2n) is 19.1. The number of hydrogen-bond acceptors (Lipinski definition) is 10. The van der Waals surface area contributed by atoms with Crippen LogP contribution in [-0.2, 0) is 16.1 Å². The number of nitrogens with one attached hydrogen (secondary N) is 1. The van der Waals surface area contributed by atoms with Crippen LogP contribution in [0.1, 0.15) is 122 Å². The normalized spacial score (nSPS) is 17.7. The monoisotopic (exact) mass is 1010 g/mol. The average molecular weight is 1010 g/mol. The van der Waals surface area contributed by atoms with E-state index in [1.54, 1.807) is 30.3 Å². The van der Waals surface area contributed by atoms with Gasteiger partial charge in [0, 0.05) is 30.8 Å². The zero-order valence-electron chi connectivity index (χ0n) is 40.3. The predicted octanol–water partition coefficient (Wildman–Crippen LogP) is 9.52. The molecule has 0 radical (unpaired) electrons. The van der Waals surface area contributed by atoms with Gasteiger partial charge in [0.05, 0.1) is 29.5 Å². The van der Waals surface area contributed by atoms with Crippen LogP contribution in [0, 0.1) is 34.3 Å².